The molecule has 6 heteroatoms. The molecule has 0 bridgehead atoms. The Morgan fingerprint density at radius 1 is 1.32 bits per heavy atom. The van der Waals surface area contributed by atoms with Crippen molar-refractivity contribution in [2.45, 2.75) is 19.5 Å². The molecule has 1 aliphatic heterocycles. The molecule has 1 atom stereocenters. The summed E-state index contributed by atoms with van der Waals surface area (Å²) < 4.78 is 5.05. The summed E-state index contributed by atoms with van der Waals surface area (Å²) in [6.45, 7) is 3.36. The van der Waals surface area contributed by atoms with Crippen molar-refractivity contribution in [1.29, 1.82) is 0 Å². The van der Waals surface area contributed by atoms with E-state index in [4.69, 9.17) is 4.74 Å². The molecule has 1 N–H and O–H groups in total. The minimum Gasteiger partial charge on any atom is -0.383 e. The van der Waals surface area contributed by atoms with Gasteiger partial charge in [0.2, 0.25) is 0 Å². The molecule has 25 heavy (non-hydrogen) atoms. The zero-order chi connectivity index (χ0) is 17.8. The lowest BCUT2D eigenvalue weighted by molar-refractivity contribution is 0.0715. The first-order valence-electron chi connectivity index (χ1n) is 8.23. The molecule has 2 aromatic rings. The van der Waals surface area contributed by atoms with Crippen molar-refractivity contribution in [3.63, 3.8) is 0 Å². The van der Waals surface area contributed by atoms with Crippen LogP contribution in [0, 0.1) is 0 Å². The van der Waals surface area contributed by atoms with Crippen molar-refractivity contribution in [2.75, 3.05) is 20.3 Å². The number of carbonyl (C=O) groups is 2. The maximum Gasteiger partial charge on any atom is 0.255 e. The normalized spacial score (nSPS) is 14.3. The Labute approximate surface area is 146 Å². The smallest absolute Gasteiger partial charge is 0.255 e. The van der Waals surface area contributed by atoms with Crippen LogP contribution in [0.5, 0.6) is 0 Å². The average Bonchev–Trinajstić information content (AvgIpc) is 2.96. The number of fused-ring (bicyclic) bond motifs is 1. The predicted octanol–water partition coefficient (Wildman–Crippen LogP) is 2.17. The van der Waals surface area contributed by atoms with E-state index in [-0.39, 0.29) is 17.9 Å². The standard InChI is InChI=1S/C19H21N3O3/c1-13(16-8-3-4-9-20-16)21-18(23)15-7-5-6-14-12-22(10-11-25-2)19(24)17(14)15/h3-9,13H,10-12H2,1-2H3,(H,21,23)/t13-/m1/s1. The van der Waals surface area contributed by atoms with E-state index in [9.17, 15) is 9.59 Å². The van der Waals surface area contributed by atoms with E-state index in [0.29, 0.717) is 30.8 Å². The number of nitrogens with zero attached hydrogens (tertiary/aromatic N) is 2. The van der Waals surface area contributed by atoms with E-state index in [1.807, 2.05) is 37.3 Å². The second kappa shape index (κ2) is 7.44. The molecule has 0 saturated heterocycles. The van der Waals surface area contributed by atoms with Crippen LogP contribution in [0.3, 0.4) is 0 Å². The third-order valence-electron chi connectivity index (χ3n) is 4.30. The summed E-state index contributed by atoms with van der Waals surface area (Å²) in [5.41, 5.74) is 2.55. The Morgan fingerprint density at radius 2 is 2.16 bits per heavy atom. The lowest BCUT2D eigenvalue weighted by Gasteiger charge is -2.16. The fraction of sp³-hybridized carbons (Fsp3) is 0.316. The second-order valence-electron chi connectivity index (χ2n) is 6.01. The first kappa shape index (κ1) is 17.1. The molecule has 0 aliphatic carbocycles. The van der Waals surface area contributed by atoms with Gasteiger partial charge in [-0.3, -0.25) is 14.6 Å². The van der Waals surface area contributed by atoms with Crippen LogP contribution >= 0.6 is 0 Å². The van der Waals surface area contributed by atoms with Crippen LogP contribution in [-0.2, 0) is 11.3 Å². The minimum absolute atomic E-state index is 0.122. The highest BCUT2D eigenvalue weighted by molar-refractivity contribution is 6.09. The van der Waals surface area contributed by atoms with E-state index in [1.165, 1.54) is 0 Å². The molecule has 0 spiro atoms. The van der Waals surface area contributed by atoms with Crippen LogP contribution < -0.4 is 5.32 Å². The van der Waals surface area contributed by atoms with E-state index in [2.05, 4.69) is 10.3 Å². The van der Waals surface area contributed by atoms with Crippen molar-refractivity contribution in [3.05, 3.63) is 65.0 Å². The SMILES string of the molecule is COCCN1Cc2cccc(C(=O)N[C@H](C)c3ccccn3)c2C1=O. The van der Waals surface area contributed by atoms with Gasteiger partial charge in [0.25, 0.3) is 11.8 Å². The van der Waals surface area contributed by atoms with Gasteiger partial charge in [0, 0.05) is 26.4 Å². The largest absolute Gasteiger partial charge is 0.383 e. The molecule has 2 amide bonds. The highest BCUT2D eigenvalue weighted by atomic mass is 16.5. The van der Waals surface area contributed by atoms with Crippen molar-refractivity contribution in [2.24, 2.45) is 0 Å². The number of pyridine rings is 1. The second-order valence-corrected chi connectivity index (χ2v) is 6.01. The number of benzene rings is 1. The highest BCUT2D eigenvalue weighted by Crippen LogP contribution is 2.26. The summed E-state index contributed by atoms with van der Waals surface area (Å²) in [7, 11) is 1.60. The van der Waals surface area contributed by atoms with Crippen LogP contribution in [0.1, 0.15) is 44.9 Å². The third kappa shape index (κ3) is 3.53. The van der Waals surface area contributed by atoms with Gasteiger partial charge in [-0.2, -0.15) is 0 Å². The van der Waals surface area contributed by atoms with Gasteiger partial charge in [-0.05, 0) is 30.7 Å². The number of methoxy groups -OCH3 is 1. The van der Waals surface area contributed by atoms with Gasteiger partial charge in [-0.25, -0.2) is 0 Å². The van der Waals surface area contributed by atoms with Crippen LogP contribution in [0.2, 0.25) is 0 Å². The Morgan fingerprint density at radius 3 is 2.88 bits per heavy atom. The highest BCUT2D eigenvalue weighted by Gasteiger charge is 2.31. The molecule has 3 rings (SSSR count). The molecule has 0 fully saturated rings. The number of nitrogens with one attached hydrogen (secondary N) is 1. The summed E-state index contributed by atoms with van der Waals surface area (Å²) in [4.78, 5) is 31.3. The molecule has 1 aromatic heterocycles. The molecule has 0 saturated carbocycles. The zero-order valence-electron chi connectivity index (χ0n) is 14.4. The number of amides is 2. The van der Waals surface area contributed by atoms with Gasteiger partial charge in [0.15, 0.2) is 0 Å². The van der Waals surface area contributed by atoms with E-state index < -0.39 is 0 Å². The van der Waals surface area contributed by atoms with Gasteiger partial charge in [-0.15, -0.1) is 0 Å². The first-order chi connectivity index (χ1) is 12.1. The first-order valence-corrected chi connectivity index (χ1v) is 8.23. The number of aromatic nitrogens is 1. The summed E-state index contributed by atoms with van der Waals surface area (Å²) in [5, 5.41) is 2.92. The predicted molar refractivity (Wildman–Crippen MR) is 93.2 cm³/mol. The molecule has 1 aliphatic rings. The van der Waals surface area contributed by atoms with Crippen LogP contribution in [0.15, 0.2) is 42.6 Å². The molecule has 6 nitrogen and oxygen atoms in total. The maximum absolute atomic E-state index is 12.7. The Bertz CT molecular complexity index is 777. The van der Waals surface area contributed by atoms with Gasteiger partial charge in [0.05, 0.1) is 29.5 Å². The fourth-order valence-corrected chi connectivity index (χ4v) is 2.97. The molecule has 1 aromatic carbocycles. The van der Waals surface area contributed by atoms with Crippen molar-refractivity contribution < 1.29 is 14.3 Å². The van der Waals surface area contributed by atoms with Gasteiger partial charge >= 0.3 is 0 Å². The monoisotopic (exact) mass is 339 g/mol. The summed E-state index contributed by atoms with van der Waals surface area (Å²) in [6, 6.07) is 10.7. The lowest BCUT2D eigenvalue weighted by atomic mass is 10.0. The van der Waals surface area contributed by atoms with Gasteiger partial charge < -0.3 is 15.0 Å². The van der Waals surface area contributed by atoms with Crippen LogP contribution in [-0.4, -0.2) is 42.0 Å². The molecule has 0 radical (unpaired) electrons. The number of hydrogen-bond acceptors (Lipinski definition) is 4. The molecule has 130 valence electrons. The quantitative estimate of drug-likeness (QED) is 0.875. The van der Waals surface area contributed by atoms with Crippen molar-refractivity contribution >= 4 is 11.8 Å². The molecular weight excluding hydrogens is 318 g/mol. The molecule has 2 heterocycles. The van der Waals surface area contributed by atoms with E-state index in [0.717, 1.165) is 11.3 Å². The summed E-state index contributed by atoms with van der Waals surface area (Å²) in [6.07, 6.45) is 1.69. The van der Waals surface area contributed by atoms with E-state index >= 15 is 0 Å². The molecular formula is C19H21N3O3. The van der Waals surface area contributed by atoms with Crippen LogP contribution in [0.4, 0.5) is 0 Å². The van der Waals surface area contributed by atoms with Gasteiger partial charge in [0.1, 0.15) is 0 Å². The summed E-state index contributed by atoms with van der Waals surface area (Å²) >= 11 is 0. The Hall–Kier alpha value is -2.73. The van der Waals surface area contributed by atoms with Gasteiger partial charge in [-0.1, -0.05) is 18.2 Å². The number of ether oxygens (including phenoxy) is 1. The van der Waals surface area contributed by atoms with Crippen molar-refractivity contribution in [1.82, 2.24) is 15.2 Å². The third-order valence-corrected chi connectivity index (χ3v) is 4.30. The van der Waals surface area contributed by atoms with Crippen LogP contribution in [0.25, 0.3) is 0 Å². The van der Waals surface area contributed by atoms with E-state index in [1.54, 1.807) is 24.3 Å². The Kier molecular flexibility index (Phi) is 5.09. The average molecular weight is 339 g/mol. The minimum atomic E-state index is -0.267. The number of rotatable bonds is 6. The lowest BCUT2D eigenvalue weighted by Crippen LogP contribution is -2.31. The molecule has 0 unspecified atom stereocenters. The zero-order valence-corrected chi connectivity index (χ0v) is 14.4. The number of hydrogen-bond donors (Lipinski definition) is 1. The number of carbonyl (C=O) groups excluding carboxylic acids is 2. The topological polar surface area (TPSA) is 71.5 Å². The van der Waals surface area contributed by atoms with Crippen molar-refractivity contribution in [3.8, 4) is 0 Å². The fourth-order valence-electron chi connectivity index (χ4n) is 2.97. The maximum atomic E-state index is 12.7. The Balaban J connectivity index is 1.80. The summed E-state index contributed by atoms with van der Waals surface area (Å²) in [5.74, 6) is -0.389.